The molecule has 6 heteroatoms. The van der Waals surface area contributed by atoms with Crippen molar-refractivity contribution in [2.45, 2.75) is 6.54 Å². The molecule has 5 nitrogen and oxygen atoms in total. The molecule has 0 saturated carbocycles. The molecule has 1 aromatic heterocycles. The highest BCUT2D eigenvalue weighted by atomic mass is 79.9. The van der Waals surface area contributed by atoms with Crippen molar-refractivity contribution in [1.82, 2.24) is 10.1 Å². The summed E-state index contributed by atoms with van der Waals surface area (Å²) in [6.07, 6.45) is 0. The zero-order valence-electron chi connectivity index (χ0n) is 9.64. The van der Waals surface area contributed by atoms with Crippen LogP contribution in [0.15, 0.2) is 27.2 Å². The molecule has 0 radical (unpaired) electrons. The number of nitrogens with two attached hydrogens (primary N) is 1. The van der Waals surface area contributed by atoms with Crippen LogP contribution in [0.2, 0.25) is 0 Å². The summed E-state index contributed by atoms with van der Waals surface area (Å²) in [6, 6.07) is 5.89. The van der Waals surface area contributed by atoms with Gasteiger partial charge in [-0.1, -0.05) is 5.16 Å². The predicted molar refractivity (Wildman–Crippen MR) is 69.7 cm³/mol. The summed E-state index contributed by atoms with van der Waals surface area (Å²) in [5.41, 5.74) is 7.39. The number of aromatic nitrogens is 2. The molecule has 0 aliphatic carbocycles. The van der Waals surface area contributed by atoms with Crippen molar-refractivity contribution in [2.75, 3.05) is 19.0 Å². The lowest BCUT2D eigenvalue weighted by Crippen LogP contribution is -2.09. The Bertz CT molecular complexity index is 524. The third-order valence-corrected chi connectivity index (χ3v) is 3.00. The van der Waals surface area contributed by atoms with Crippen LogP contribution in [-0.2, 0) is 6.54 Å². The highest BCUT2D eigenvalue weighted by molar-refractivity contribution is 9.10. The van der Waals surface area contributed by atoms with Gasteiger partial charge in [-0.3, -0.25) is 0 Å². The smallest absolute Gasteiger partial charge is 0.240 e. The molecule has 0 atom stereocenters. The lowest BCUT2D eigenvalue weighted by molar-refractivity contribution is 0.380. The summed E-state index contributed by atoms with van der Waals surface area (Å²) in [5.74, 6) is 0.996. The van der Waals surface area contributed by atoms with E-state index in [1.54, 1.807) is 0 Å². The van der Waals surface area contributed by atoms with Gasteiger partial charge < -0.3 is 15.2 Å². The van der Waals surface area contributed by atoms with E-state index >= 15 is 0 Å². The lowest BCUT2D eigenvalue weighted by Gasteiger charge is -2.14. The lowest BCUT2D eigenvalue weighted by atomic mass is 10.2. The Morgan fingerprint density at radius 2 is 2.18 bits per heavy atom. The van der Waals surface area contributed by atoms with Crippen LogP contribution in [0.1, 0.15) is 5.89 Å². The van der Waals surface area contributed by atoms with E-state index in [0.29, 0.717) is 11.7 Å². The SMILES string of the molecule is CN(C)c1cc(-c2noc(CN)n2)ccc1Br. The van der Waals surface area contributed by atoms with E-state index in [0.717, 1.165) is 15.7 Å². The van der Waals surface area contributed by atoms with Gasteiger partial charge in [0.05, 0.1) is 12.2 Å². The van der Waals surface area contributed by atoms with Crippen LogP contribution in [0.25, 0.3) is 11.4 Å². The first-order chi connectivity index (χ1) is 8.11. The molecule has 0 fully saturated rings. The fraction of sp³-hybridized carbons (Fsp3) is 0.273. The van der Waals surface area contributed by atoms with Gasteiger partial charge in [-0.25, -0.2) is 0 Å². The van der Waals surface area contributed by atoms with Crippen LogP contribution < -0.4 is 10.6 Å². The first-order valence-corrected chi connectivity index (χ1v) is 5.91. The molecular weight excluding hydrogens is 284 g/mol. The van der Waals surface area contributed by atoms with E-state index in [9.17, 15) is 0 Å². The molecule has 0 spiro atoms. The minimum atomic E-state index is 0.254. The Labute approximate surface area is 108 Å². The van der Waals surface area contributed by atoms with Crippen LogP contribution in [0, 0.1) is 0 Å². The maximum atomic E-state index is 5.43. The second kappa shape index (κ2) is 4.85. The summed E-state index contributed by atoms with van der Waals surface area (Å²) in [5, 5.41) is 3.89. The van der Waals surface area contributed by atoms with Crippen LogP contribution >= 0.6 is 15.9 Å². The van der Waals surface area contributed by atoms with Gasteiger partial charge in [0.2, 0.25) is 11.7 Å². The number of anilines is 1. The van der Waals surface area contributed by atoms with Gasteiger partial charge in [0.25, 0.3) is 0 Å². The van der Waals surface area contributed by atoms with Crippen molar-refractivity contribution in [2.24, 2.45) is 5.73 Å². The van der Waals surface area contributed by atoms with Crippen molar-refractivity contribution < 1.29 is 4.52 Å². The highest BCUT2D eigenvalue weighted by Crippen LogP contribution is 2.29. The van der Waals surface area contributed by atoms with Crippen molar-refractivity contribution in [1.29, 1.82) is 0 Å². The van der Waals surface area contributed by atoms with E-state index in [-0.39, 0.29) is 6.54 Å². The minimum absolute atomic E-state index is 0.254. The molecule has 1 heterocycles. The summed E-state index contributed by atoms with van der Waals surface area (Å²) in [6.45, 7) is 0.254. The topological polar surface area (TPSA) is 68.2 Å². The van der Waals surface area contributed by atoms with Gasteiger partial charge in [0, 0.05) is 24.1 Å². The first-order valence-electron chi connectivity index (χ1n) is 5.11. The molecule has 1 aromatic carbocycles. The van der Waals surface area contributed by atoms with Crippen LogP contribution in [0.5, 0.6) is 0 Å². The van der Waals surface area contributed by atoms with E-state index in [4.69, 9.17) is 10.3 Å². The maximum Gasteiger partial charge on any atom is 0.240 e. The van der Waals surface area contributed by atoms with Gasteiger partial charge in [-0.05, 0) is 34.1 Å². The quantitative estimate of drug-likeness (QED) is 0.938. The van der Waals surface area contributed by atoms with Gasteiger partial charge in [0.15, 0.2) is 0 Å². The molecule has 2 aromatic rings. The molecule has 0 amide bonds. The Morgan fingerprint density at radius 1 is 1.41 bits per heavy atom. The van der Waals surface area contributed by atoms with Crippen LogP contribution in [-0.4, -0.2) is 24.2 Å². The van der Waals surface area contributed by atoms with Crippen LogP contribution in [0.3, 0.4) is 0 Å². The number of hydrogen-bond acceptors (Lipinski definition) is 5. The van der Waals surface area contributed by atoms with E-state index in [2.05, 4.69) is 26.1 Å². The average Bonchev–Trinajstić information content (AvgIpc) is 2.78. The normalized spacial score (nSPS) is 10.6. The number of halogens is 1. The number of benzene rings is 1. The molecule has 0 aliphatic heterocycles. The van der Waals surface area contributed by atoms with E-state index in [1.165, 1.54) is 0 Å². The largest absolute Gasteiger partial charge is 0.377 e. The van der Waals surface area contributed by atoms with Gasteiger partial charge in [-0.2, -0.15) is 4.98 Å². The number of hydrogen-bond donors (Lipinski definition) is 1. The molecule has 0 unspecified atom stereocenters. The summed E-state index contributed by atoms with van der Waals surface area (Å²) < 4.78 is 6.01. The Balaban J connectivity index is 2.42. The molecular formula is C11H13BrN4O. The van der Waals surface area contributed by atoms with Crippen molar-refractivity contribution in [3.8, 4) is 11.4 Å². The van der Waals surface area contributed by atoms with Crippen molar-refractivity contribution in [3.05, 3.63) is 28.6 Å². The average molecular weight is 297 g/mol. The summed E-state index contributed by atoms with van der Waals surface area (Å²) in [4.78, 5) is 6.20. The molecule has 0 aliphatic rings. The maximum absolute atomic E-state index is 5.43. The van der Waals surface area contributed by atoms with Gasteiger partial charge in [0.1, 0.15) is 0 Å². The predicted octanol–water partition coefficient (Wildman–Crippen LogP) is 2.02. The highest BCUT2D eigenvalue weighted by Gasteiger charge is 2.10. The monoisotopic (exact) mass is 296 g/mol. The molecule has 17 heavy (non-hydrogen) atoms. The molecule has 90 valence electrons. The summed E-state index contributed by atoms with van der Waals surface area (Å²) in [7, 11) is 3.96. The first kappa shape index (κ1) is 12.1. The van der Waals surface area contributed by atoms with Crippen LogP contribution in [0.4, 0.5) is 5.69 Å². The third-order valence-electron chi connectivity index (χ3n) is 2.33. The fourth-order valence-electron chi connectivity index (χ4n) is 1.45. The van der Waals surface area contributed by atoms with Crippen molar-refractivity contribution >= 4 is 21.6 Å². The zero-order chi connectivity index (χ0) is 12.4. The molecule has 0 saturated heterocycles. The standard InChI is InChI=1S/C11H13BrN4O/c1-16(2)9-5-7(3-4-8(9)12)11-14-10(6-13)17-15-11/h3-5H,6,13H2,1-2H3. The van der Waals surface area contributed by atoms with E-state index < -0.39 is 0 Å². The number of rotatable bonds is 3. The van der Waals surface area contributed by atoms with E-state index in [1.807, 2.05) is 37.2 Å². The molecule has 0 bridgehead atoms. The second-order valence-corrected chi connectivity index (χ2v) is 4.63. The fourth-order valence-corrected chi connectivity index (χ4v) is 2.05. The zero-order valence-corrected chi connectivity index (χ0v) is 11.2. The summed E-state index contributed by atoms with van der Waals surface area (Å²) >= 11 is 3.50. The van der Waals surface area contributed by atoms with Crippen molar-refractivity contribution in [3.63, 3.8) is 0 Å². The Morgan fingerprint density at radius 3 is 2.76 bits per heavy atom. The molecule has 2 rings (SSSR count). The molecule has 2 N–H and O–H groups in total. The number of nitrogens with zero attached hydrogens (tertiary/aromatic N) is 3. The third kappa shape index (κ3) is 2.48. The van der Waals surface area contributed by atoms with Gasteiger partial charge in [-0.15, -0.1) is 0 Å². The minimum Gasteiger partial charge on any atom is -0.377 e. The van der Waals surface area contributed by atoms with Gasteiger partial charge >= 0.3 is 0 Å². The Hall–Kier alpha value is -1.40. The second-order valence-electron chi connectivity index (χ2n) is 3.78. The Kier molecular flexibility index (Phi) is 3.44.